The molecule has 0 saturated carbocycles. The molecule has 33 heavy (non-hydrogen) atoms. The van der Waals surface area contributed by atoms with Gasteiger partial charge in [-0.15, -0.1) is 0 Å². The third-order valence-electron chi connectivity index (χ3n) is 5.70. The number of halogens is 1. The zero-order valence-electron chi connectivity index (χ0n) is 17.7. The van der Waals surface area contributed by atoms with Crippen LogP contribution >= 0.6 is 11.6 Å². The lowest BCUT2D eigenvalue weighted by Gasteiger charge is -2.31. The number of aromatic nitrogens is 1. The smallest absolute Gasteiger partial charge is 0.266 e. The lowest BCUT2D eigenvalue weighted by molar-refractivity contribution is -0.120. The molecule has 0 radical (unpaired) electrons. The van der Waals surface area contributed by atoms with Gasteiger partial charge in [0.05, 0.1) is 30.2 Å². The SMILES string of the molecule is N#Cc1nc(-c2ccco2)oc1N1CCC(C(=O)Nc2cc3c(cc2Cl)OCCCO3)CC1. The quantitative estimate of drug-likeness (QED) is 0.596. The largest absolute Gasteiger partial charge is 0.490 e. The van der Waals surface area contributed by atoms with Crippen LogP contribution in [0.15, 0.2) is 39.4 Å². The van der Waals surface area contributed by atoms with E-state index in [1.807, 2.05) is 4.90 Å². The molecule has 5 rings (SSSR count). The highest BCUT2D eigenvalue weighted by molar-refractivity contribution is 6.34. The number of fused-ring (bicyclic) bond motifs is 1. The van der Waals surface area contributed by atoms with Gasteiger partial charge in [-0.05, 0) is 25.0 Å². The van der Waals surface area contributed by atoms with E-state index >= 15 is 0 Å². The maximum absolute atomic E-state index is 12.9. The molecule has 1 N–H and O–H groups in total. The van der Waals surface area contributed by atoms with Crippen LogP contribution in [0.2, 0.25) is 5.02 Å². The Bertz CT molecular complexity index is 1190. The zero-order chi connectivity index (χ0) is 22.8. The van der Waals surface area contributed by atoms with Crippen LogP contribution in [0.5, 0.6) is 11.5 Å². The van der Waals surface area contributed by atoms with E-state index in [0.29, 0.717) is 73.0 Å². The number of amides is 1. The van der Waals surface area contributed by atoms with Crippen LogP contribution < -0.4 is 19.7 Å². The van der Waals surface area contributed by atoms with Crippen LogP contribution in [0, 0.1) is 17.2 Å². The number of benzene rings is 1. The second-order valence-electron chi connectivity index (χ2n) is 7.84. The van der Waals surface area contributed by atoms with Crippen LogP contribution in [0.1, 0.15) is 25.0 Å². The lowest BCUT2D eigenvalue weighted by atomic mass is 9.95. The summed E-state index contributed by atoms with van der Waals surface area (Å²) in [6, 6.07) is 8.90. The number of piperidine rings is 1. The van der Waals surface area contributed by atoms with E-state index in [1.54, 1.807) is 24.3 Å². The number of nitrogens with one attached hydrogen (secondary N) is 1. The topological polar surface area (TPSA) is 114 Å². The van der Waals surface area contributed by atoms with Crippen molar-refractivity contribution in [3.05, 3.63) is 41.2 Å². The third-order valence-corrected chi connectivity index (χ3v) is 6.01. The summed E-state index contributed by atoms with van der Waals surface area (Å²) in [6.07, 6.45) is 3.49. The van der Waals surface area contributed by atoms with E-state index in [1.165, 1.54) is 6.26 Å². The number of hydrogen-bond donors (Lipinski definition) is 1. The minimum Gasteiger partial charge on any atom is -0.490 e. The Labute approximate surface area is 194 Å². The molecule has 0 spiro atoms. The van der Waals surface area contributed by atoms with Crippen molar-refractivity contribution < 1.29 is 23.1 Å². The van der Waals surface area contributed by atoms with Gasteiger partial charge in [0.2, 0.25) is 17.5 Å². The van der Waals surface area contributed by atoms with Gasteiger partial charge in [0.1, 0.15) is 6.07 Å². The van der Waals surface area contributed by atoms with Crippen molar-refractivity contribution >= 4 is 29.1 Å². The highest BCUT2D eigenvalue weighted by Gasteiger charge is 2.30. The maximum atomic E-state index is 12.9. The Hall–Kier alpha value is -3.64. The number of ether oxygens (including phenoxy) is 2. The lowest BCUT2D eigenvalue weighted by Crippen LogP contribution is -2.38. The molecular formula is C23H21ClN4O5. The first-order valence-electron chi connectivity index (χ1n) is 10.7. The van der Waals surface area contributed by atoms with Crippen molar-refractivity contribution in [1.82, 2.24) is 4.98 Å². The average Bonchev–Trinajstić information content (AvgIpc) is 3.46. The monoisotopic (exact) mass is 468 g/mol. The van der Waals surface area contributed by atoms with E-state index < -0.39 is 0 Å². The maximum Gasteiger partial charge on any atom is 0.266 e. The summed E-state index contributed by atoms with van der Waals surface area (Å²) in [4.78, 5) is 19.1. The Morgan fingerprint density at radius 1 is 1.21 bits per heavy atom. The highest BCUT2D eigenvalue weighted by atomic mass is 35.5. The average molecular weight is 469 g/mol. The predicted molar refractivity (Wildman–Crippen MR) is 120 cm³/mol. The molecule has 2 aromatic heterocycles. The van der Waals surface area contributed by atoms with E-state index in [0.717, 1.165) is 6.42 Å². The first-order valence-corrected chi connectivity index (χ1v) is 11.1. The number of carbonyl (C=O) groups is 1. The second kappa shape index (κ2) is 9.08. The summed E-state index contributed by atoms with van der Waals surface area (Å²) in [5.74, 6) is 1.96. The van der Waals surface area contributed by atoms with Gasteiger partial charge in [0, 0.05) is 37.6 Å². The van der Waals surface area contributed by atoms with Crippen LogP contribution in [0.4, 0.5) is 11.6 Å². The van der Waals surface area contributed by atoms with E-state index in [-0.39, 0.29) is 23.4 Å². The summed E-state index contributed by atoms with van der Waals surface area (Å²) in [5.41, 5.74) is 0.696. The normalized spacial score (nSPS) is 16.2. The van der Waals surface area contributed by atoms with E-state index in [2.05, 4.69) is 16.4 Å². The third kappa shape index (κ3) is 4.34. The van der Waals surface area contributed by atoms with Crippen molar-refractivity contribution in [1.29, 1.82) is 5.26 Å². The molecule has 2 aliphatic rings. The summed E-state index contributed by atoms with van der Waals surface area (Å²) >= 11 is 6.36. The van der Waals surface area contributed by atoms with Gasteiger partial charge in [-0.2, -0.15) is 10.2 Å². The molecular weight excluding hydrogens is 448 g/mol. The molecule has 1 saturated heterocycles. The summed E-state index contributed by atoms with van der Waals surface area (Å²) in [5, 5.41) is 12.8. The van der Waals surface area contributed by atoms with Gasteiger partial charge in [-0.1, -0.05) is 11.6 Å². The van der Waals surface area contributed by atoms with E-state index in [9.17, 15) is 10.1 Å². The molecule has 0 bridgehead atoms. The van der Waals surface area contributed by atoms with E-state index in [4.69, 9.17) is 29.9 Å². The van der Waals surface area contributed by atoms with Crippen molar-refractivity contribution in [2.24, 2.45) is 5.92 Å². The molecule has 1 fully saturated rings. The number of nitriles is 1. The minimum atomic E-state index is -0.203. The van der Waals surface area contributed by atoms with Crippen LogP contribution in [0.3, 0.4) is 0 Å². The molecule has 9 nitrogen and oxygen atoms in total. The van der Waals surface area contributed by atoms with Gasteiger partial charge < -0.3 is 28.5 Å². The fourth-order valence-electron chi connectivity index (χ4n) is 3.96. The number of oxazole rings is 1. The molecule has 4 heterocycles. The molecule has 10 heteroatoms. The summed E-state index contributed by atoms with van der Waals surface area (Å²) in [6.45, 7) is 2.21. The molecule has 2 aliphatic heterocycles. The van der Waals surface area contributed by atoms with Crippen LogP contribution in [-0.4, -0.2) is 37.2 Å². The standard InChI is InChI=1S/C23H21ClN4O5/c24-15-11-19-20(32-10-2-9-31-19)12-16(15)26-21(29)14-4-6-28(7-5-14)23-17(13-25)27-22(33-23)18-3-1-8-30-18/h1,3,8,11-12,14H,2,4-7,9-10H2,(H,26,29). The molecule has 1 aromatic carbocycles. The fourth-order valence-corrected chi connectivity index (χ4v) is 4.17. The zero-order valence-corrected chi connectivity index (χ0v) is 18.4. The molecule has 3 aromatic rings. The summed E-state index contributed by atoms with van der Waals surface area (Å²) < 4.78 is 22.5. The molecule has 1 amide bonds. The first kappa shape index (κ1) is 21.2. The van der Waals surface area contributed by atoms with Gasteiger partial charge in [-0.25, -0.2) is 0 Å². The van der Waals surface area contributed by atoms with Gasteiger partial charge >= 0.3 is 0 Å². The number of nitrogens with zero attached hydrogens (tertiary/aromatic N) is 3. The van der Waals surface area contributed by atoms with Crippen molar-refractivity contribution in [3.8, 4) is 29.2 Å². The number of rotatable bonds is 4. The van der Waals surface area contributed by atoms with Gasteiger partial charge in [0.25, 0.3) is 5.89 Å². The van der Waals surface area contributed by atoms with Crippen LogP contribution in [-0.2, 0) is 4.79 Å². The Kier molecular flexibility index (Phi) is 5.84. The number of anilines is 2. The Morgan fingerprint density at radius 2 is 1.97 bits per heavy atom. The number of hydrogen-bond acceptors (Lipinski definition) is 8. The highest BCUT2D eigenvalue weighted by Crippen LogP contribution is 2.38. The van der Waals surface area contributed by atoms with Crippen molar-refractivity contribution in [2.75, 3.05) is 36.5 Å². The molecule has 170 valence electrons. The second-order valence-corrected chi connectivity index (χ2v) is 8.25. The van der Waals surface area contributed by atoms with Crippen LogP contribution in [0.25, 0.3) is 11.7 Å². The number of carbonyl (C=O) groups excluding carboxylic acids is 1. The Morgan fingerprint density at radius 3 is 2.67 bits per heavy atom. The first-order chi connectivity index (χ1) is 16.1. The fraction of sp³-hybridized carbons (Fsp3) is 0.348. The van der Waals surface area contributed by atoms with Crippen molar-refractivity contribution in [3.63, 3.8) is 0 Å². The summed E-state index contributed by atoms with van der Waals surface area (Å²) in [7, 11) is 0. The minimum absolute atomic E-state index is 0.111. The Balaban J connectivity index is 1.24. The predicted octanol–water partition coefficient (Wildman–Crippen LogP) is 4.48. The molecule has 0 atom stereocenters. The van der Waals surface area contributed by atoms with Crippen molar-refractivity contribution in [2.45, 2.75) is 19.3 Å². The van der Waals surface area contributed by atoms with Gasteiger partial charge in [0.15, 0.2) is 17.3 Å². The number of furan rings is 1. The molecule has 0 aliphatic carbocycles. The van der Waals surface area contributed by atoms with Gasteiger partial charge in [-0.3, -0.25) is 4.79 Å². The molecule has 0 unspecified atom stereocenters.